The number of nitrogens with one attached hydrogen (secondary N) is 2. The van der Waals surface area contributed by atoms with Crippen LogP contribution >= 0.6 is 0 Å². The van der Waals surface area contributed by atoms with Crippen LogP contribution in [0.15, 0.2) is 12.4 Å². The Hall–Kier alpha value is -1.73. The Morgan fingerprint density at radius 3 is 2.56 bits per heavy atom. The fraction of sp³-hybridized carbons (Fsp3) is 0.545. The largest absolute Gasteiger partial charge is 0.349 e. The van der Waals surface area contributed by atoms with Gasteiger partial charge in [0.25, 0.3) is 5.91 Å². The number of anilines is 1. The maximum absolute atomic E-state index is 11.7. The van der Waals surface area contributed by atoms with Crippen LogP contribution < -0.4 is 16.6 Å². The predicted octanol–water partition coefficient (Wildman–Crippen LogP) is -0.166. The minimum absolute atomic E-state index is 0.224. The van der Waals surface area contributed by atoms with E-state index in [-0.39, 0.29) is 11.6 Å². The van der Waals surface area contributed by atoms with Gasteiger partial charge in [-0.15, -0.1) is 0 Å². The van der Waals surface area contributed by atoms with Crippen molar-refractivity contribution < 1.29 is 4.79 Å². The highest BCUT2D eigenvalue weighted by atomic mass is 16.1. The maximum atomic E-state index is 11.7. The zero-order valence-corrected chi connectivity index (χ0v) is 10.8. The number of nitrogens with two attached hydrogens (primary N) is 1. The highest BCUT2D eigenvalue weighted by molar-refractivity contribution is 5.91. The Morgan fingerprint density at radius 1 is 1.33 bits per heavy atom. The molecule has 7 heteroatoms. The van der Waals surface area contributed by atoms with E-state index < -0.39 is 0 Å². The lowest BCUT2D eigenvalue weighted by Crippen LogP contribution is -2.35. The van der Waals surface area contributed by atoms with Crippen LogP contribution in [0, 0.1) is 0 Å². The molecule has 0 radical (unpaired) electrons. The van der Waals surface area contributed by atoms with Crippen molar-refractivity contribution in [1.82, 2.24) is 20.2 Å². The number of amides is 1. The Bertz CT molecular complexity index is 362. The molecule has 0 unspecified atom stereocenters. The van der Waals surface area contributed by atoms with E-state index in [9.17, 15) is 4.79 Å². The summed E-state index contributed by atoms with van der Waals surface area (Å²) in [5, 5.41) is 2.80. The van der Waals surface area contributed by atoms with Crippen molar-refractivity contribution in [2.75, 3.05) is 31.6 Å². The second-order valence-electron chi connectivity index (χ2n) is 3.71. The Labute approximate surface area is 107 Å². The monoisotopic (exact) mass is 252 g/mol. The van der Waals surface area contributed by atoms with E-state index in [2.05, 4.69) is 39.5 Å². The van der Waals surface area contributed by atoms with Crippen molar-refractivity contribution in [3.63, 3.8) is 0 Å². The molecular weight excluding hydrogens is 232 g/mol. The average Bonchev–Trinajstić information content (AvgIpc) is 2.43. The van der Waals surface area contributed by atoms with Crippen LogP contribution in [0.5, 0.6) is 0 Å². The third kappa shape index (κ3) is 4.27. The smallest absolute Gasteiger partial charge is 0.271 e. The quantitative estimate of drug-likeness (QED) is 0.461. The Balaban J connectivity index is 2.40. The van der Waals surface area contributed by atoms with E-state index in [1.807, 2.05) is 0 Å². The van der Waals surface area contributed by atoms with Gasteiger partial charge in [-0.3, -0.25) is 4.79 Å². The number of hydrogen-bond acceptors (Lipinski definition) is 6. The van der Waals surface area contributed by atoms with E-state index in [1.54, 1.807) is 0 Å². The molecule has 100 valence electrons. The maximum Gasteiger partial charge on any atom is 0.271 e. The summed E-state index contributed by atoms with van der Waals surface area (Å²) < 4.78 is 0. The first-order valence-corrected chi connectivity index (χ1v) is 6.00. The predicted molar refractivity (Wildman–Crippen MR) is 70.0 cm³/mol. The van der Waals surface area contributed by atoms with Gasteiger partial charge in [-0.05, 0) is 13.1 Å². The lowest BCUT2D eigenvalue weighted by atomic mass is 10.4. The number of nitrogens with zero attached hydrogens (tertiary/aromatic N) is 3. The lowest BCUT2D eigenvalue weighted by molar-refractivity contribution is 0.0943. The average molecular weight is 252 g/mol. The first-order valence-electron chi connectivity index (χ1n) is 6.00. The molecule has 1 amide bonds. The summed E-state index contributed by atoms with van der Waals surface area (Å²) in [5.74, 6) is 5.36. The van der Waals surface area contributed by atoms with Gasteiger partial charge in [0, 0.05) is 13.1 Å². The molecule has 0 bridgehead atoms. The minimum Gasteiger partial charge on any atom is -0.349 e. The van der Waals surface area contributed by atoms with Crippen molar-refractivity contribution in [1.29, 1.82) is 0 Å². The number of aromatic nitrogens is 2. The summed E-state index contributed by atoms with van der Waals surface area (Å²) in [6, 6.07) is 0. The molecule has 18 heavy (non-hydrogen) atoms. The van der Waals surface area contributed by atoms with Gasteiger partial charge < -0.3 is 15.6 Å². The van der Waals surface area contributed by atoms with Gasteiger partial charge in [0.15, 0.2) is 5.82 Å². The van der Waals surface area contributed by atoms with E-state index in [4.69, 9.17) is 5.84 Å². The summed E-state index contributed by atoms with van der Waals surface area (Å²) in [4.78, 5) is 21.8. The summed E-state index contributed by atoms with van der Waals surface area (Å²) in [6.45, 7) is 7.56. The van der Waals surface area contributed by atoms with Crippen molar-refractivity contribution in [2.24, 2.45) is 5.84 Å². The minimum atomic E-state index is -0.224. The number of nitrogen functional groups attached to an aromatic ring is 1. The van der Waals surface area contributed by atoms with Gasteiger partial charge in [0.05, 0.1) is 12.4 Å². The Morgan fingerprint density at radius 2 is 2.06 bits per heavy atom. The van der Waals surface area contributed by atoms with Gasteiger partial charge in [-0.1, -0.05) is 13.8 Å². The molecule has 0 aliphatic carbocycles. The van der Waals surface area contributed by atoms with Crippen LogP contribution in [-0.2, 0) is 0 Å². The molecule has 1 heterocycles. The molecule has 0 spiro atoms. The van der Waals surface area contributed by atoms with Crippen molar-refractivity contribution in [3.05, 3.63) is 18.1 Å². The van der Waals surface area contributed by atoms with Crippen LogP contribution in [0.2, 0.25) is 0 Å². The molecule has 1 aromatic rings. The van der Waals surface area contributed by atoms with E-state index in [0.717, 1.165) is 19.6 Å². The topological polar surface area (TPSA) is 96.2 Å². The first kappa shape index (κ1) is 14.3. The standard InChI is InChI=1S/C11H20N6O/c1-3-17(4-2)6-5-13-11(18)9-7-15-10(16-12)8-14-9/h7-8H,3-6,12H2,1-2H3,(H,13,18)(H,15,16). The van der Waals surface area contributed by atoms with Gasteiger partial charge >= 0.3 is 0 Å². The molecule has 0 fully saturated rings. The molecule has 0 atom stereocenters. The molecule has 0 aliphatic heterocycles. The SMILES string of the molecule is CCN(CC)CCNC(=O)c1cnc(NN)cn1. The number of carbonyl (C=O) groups is 1. The van der Waals surface area contributed by atoms with Crippen LogP contribution in [0.1, 0.15) is 24.3 Å². The summed E-state index contributed by atoms with van der Waals surface area (Å²) in [5.41, 5.74) is 2.64. The number of rotatable bonds is 7. The van der Waals surface area contributed by atoms with Crippen LogP contribution in [0.3, 0.4) is 0 Å². The second kappa shape index (κ2) is 7.57. The molecule has 1 rings (SSSR count). The Kier molecular flexibility index (Phi) is 6.03. The second-order valence-corrected chi connectivity index (χ2v) is 3.71. The highest BCUT2D eigenvalue weighted by Crippen LogP contribution is 1.98. The molecular formula is C11H20N6O. The van der Waals surface area contributed by atoms with Crippen molar-refractivity contribution in [3.8, 4) is 0 Å². The molecule has 0 aliphatic rings. The fourth-order valence-corrected chi connectivity index (χ4v) is 1.48. The first-order chi connectivity index (χ1) is 8.71. The highest BCUT2D eigenvalue weighted by Gasteiger charge is 2.07. The molecule has 4 N–H and O–H groups in total. The van der Waals surface area contributed by atoms with Gasteiger partial charge in [-0.2, -0.15) is 0 Å². The van der Waals surface area contributed by atoms with Crippen LogP contribution in [0.25, 0.3) is 0 Å². The number of carbonyl (C=O) groups excluding carboxylic acids is 1. The summed E-state index contributed by atoms with van der Waals surface area (Å²) in [6.07, 6.45) is 2.81. The molecule has 0 aromatic carbocycles. The third-order valence-electron chi connectivity index (χ3n) is 2.64. The number of likely N-dealkylation sites (N-methyl/N-ethyl adjacent to an activating group) is 1. The zero-order chi connectivity index (χ0) is 13.4. The molecule has 1 aromatic heterocycles. The van der Waals surface area contributed by atoms with E-state index in [0.29, 0.717) is 12.4 Å². The van der Waals surface area contributed by atoms with Crippen LogP contribution in [0.4, 0.5) is 5.82 Å². The summed E-state index contributed by atoms with van der Waals surface area (Å²) >= 11 is 0. The van der Waals surface area contributed by atoms with Gasteiger partial charge in [0.1, 0.15) is 5.69 Å². The van der Waals surface area contributed by atoms with Crippen molar-refractivity contribution >= 4 is 11.7 Å². The van der Waals surface area contributed by atoms with Gasteiger partial charge in [0.2, 0.25) is 0 Å². The summed E-state index contributed by atoms with van der Waals surface area (Å²) in [7, 11) is 0. The zero-order valence-electron chi connectivity index (χ0n) is 10.8. The number of hydrazine groups is 1. The van der Waals surface area contributed by atoms with Crippen LogP contribution in [-0.4, -0.2) is 47.0 Å². The molecule has 0 saturated carbocycles. The van der Waals surface area contributed by atoms with Crippen molar-refractivity contribution in [2.45, 2.75) is 13.8 Å². The number of hydrogen-bond donors (Lipinski definition) is 3. The molecule has 0 saturated heterocycles. The normalized spacial score (nSPS) is 10.4. The lowest BCUT2D eigenvalue weighted by Gasteiger charge is -2.17. The fourth-order valence-electron chi connectivity index (χ4n) is 1.48. The van der Waals surface area contributed by atoms with E-state index >= 15 is 0 Å². The van der Waals surface area contributed by atoms with Gasteiger partial charge in [-0.25, -0.2) is 15.8 Å². The molecule has 7 nitrogen and oxygen atoms in total. The third-order valence-corrected chi connectivity index (χ3v) is 2.64. The van der Waals surface area contributed by atoms with E-state index in [1.165, 1.54) is 12.4 Å².